The van der Waals surface area contributed by atoms with Crippen LogP contribution >= 0.6 is 38.6 Å². The first-order chi connectivity index (χ1) is 22.1. The van der Waals surface area contributed by atoms with Crippen LogP contribution < -0.4 is 0 Å². The van der Waals surface area contributed by atoms with Crippen molar-refractivity contribution in [2.45, 2.75) is 90.8 Å². The van der Waals surface area contributed by atoms with Gasteiger partial charge in [0.1, 0.15) is 11.1 Å². The molecule has 0 aromatic carbocycles. The van der Waals surface area contributed by atoms with E-state index < -0.39 is 31.8 Å². The fourth-order valence-electron chi connectivity index (χ4n) is 4.10. The summed E-state index contributed by atoms with van der Waals surface area (Å²) in [6, 6.07) is 0. The average molecular weight is 766 g/mol. The lowest BCUT2D eigenvalue weighted by Gasteiger charge is -2.45. The topological polar surface area (TPSA) is 96.8 Å². The highest BCUT2D eigenvalue weighted by Crippen LogP contribution is 2.42. The number of halogens is 1. The molecule has 3 atom stereocenters. The molecule has 8 nitrogen and oxygen atoms in total. The second-order valence-corrected chi connectivity index (χ2v) is 20.1. The van der Waals surface area contributed by atoms with Gasteiger partial charge in [-0.3, -0.25) is 0 Å². The molecular formula is C35H49BrN2O6S2Si. The van der Waals surface area contributed by atoms with E-state index in [0.717, 1.165) is 5.01 Å². The molecule has 0 N–H and O–H groups in total. The molecule has 0 saturated carbocycles. The third kappa shape index (κ3) is 12.5. The predicted octanol–water partition coefficient (Wildman–Crippen LogP) is 9.59. The number of carbonyl (C=O) groups is 2. The second kappa shape index (κ2) is 18.9. The third-order valence-electron chi connectivity index (χ3n) is 8.11. The van der Waals surface area contributed by atoms with Crippen molar-refractivity contribution in [2.24, 2.45) is 5.41 Å². The lowest BCUT2D eigenvalue weighted by molar-refractivity contribution is -0.0419. The Balaban J connectivity index is 2.22. The molecule has 0 amide bonds. The van der Waals surface area contributed by atoms with Crippen molar-refractivity contribution in [3.05, 3.63) is 85.8 Å². The summed E-state index contributed by atoms with van der Waals surface area (Å²) in [7, 11) is 0.821. The van der Waals surface area contributed by atoms with Crippen LogP contribution in [0.1, 0.15) is 79.0 Å². The third-order valence-corrected chi connectivity index (χ3v) is 14.5. The molecule has 0 aliphatic rings. The summed E-state index contributed by atoms with van der Waals surface area (Å²) in [5.41, 5.74) is 0.0238. The molecule has 0 saturated heterocycles. The van der Waals surface area contributed by atoms with Crippen LogP contribution in [-0.2, 0) is 25.1 Å². The molecule has 258 valence electrons. The summed E-state index contributed by atoms with van der Waals surface area (Å²) >= 11 is 6.04. The standard InChI is InChI=1S/C35H49BrN2O6S2Si/c1-11-17-29(44-47(9,10)34(2,3)4)35(5,6)28(43-33(40)27-24-45-30(37-27)20-21-36)19-16-14-12-13-15-18-25(41-7)22-31-38-26(23-46-31)32(39)42-8/h11-18,20-21,23-25,28-29H,19,22H2,1-10H3/b13-12-,16-14-,17-11+,18-15+,21-20-. The van der Waals surface area contributed by atoms with Gasteiger partial charge in [0.15, 0.2) is 19.7 Å². The van der Waals surface area contributed by atoms with Gasteiger partial charge >= 0.3 is 11.9 Å². The number of thiazole rings is 2. The largest absolute Gasteiger partial charge is 0.464 e. The molecule has 0 aliphatic carbocycles. The van der Waals surface area contributed by atoms with Crippen LogP contribution in [0.15, 0.2) is 64.4 Å². The van der Waals surface area contributed by atoms with E-state index in [2.05, 4.69) is 79.7 Å². The first kappa shape index (κ1) is 40.7. The average Bonchev–Trinajstić information content (AvgIpc) is 3.68. The van der Waals surface area contributed by atoms with E-state index >= 15 is 0 Å². The maximum Gasteiger partial charge on any atom is 0.358 e. The van der Waals surface area contributed by atoms with Gasteiger partial charge in [0.2, 0.25) is 0 Å². The maximum atomic E-state index is 13.3. The Hall–Kier alpha value is -2.48. The number of methoxy groups -OCH3 is 2. The van der Waals surface area contributed by atoms with Crippen LogP contribution in [-0.4, -0.2) is 62.8 Å². The van der Waals surface area contributed by atoms with E-state index in [1.807, 2.05) is 49.5 Å². The molecule has 47 heavy (non-hydrogen) atoms. The molecule has 0 spiro atoms. The van der Waals surface area contributed by atoms with Crippen molar-refractivity contribution < 1.29 is 28.2 Å². The minimum atomic E-state index is -2.15. The molecule has 0 bridgehead atoms. The number of carbonyl (C=O) groups excluding carboxylic acids is 2. The summed E-state index contributed by atoms with van der Waals surface area (Å²) in [5.74, 6) is -0.913. The minimum absolute atomic E-state index is 0.0152. The molecule has 12 heteroatoms. The maximum absolute atomic E-state index is 13.3. The Morgan fingerprint density at radius 2 is 1.62 bits per heavy atom. The van der Waals surface area contributed by atoms with E-state index in [0.29, 0.717) is 23.5 Å². The minimum Gasteiger partial charge on any atom is -0.464 e. The van der Waals surface area contributed by atoms with Crippen LogP contribution in [0.25, 0.3) is 6.08 Å². The van der Waals surface area contributed by atoms with E-state index in [9.17, 15) is 9.59 Å². The Morgan fingerprint density at radius 1 is 0.957 bits per heavy atom. The van der Waals surface area contributed by atoms with Gasteiger partial charge in [-0.25, -0.2) is 19.6 Å². The van der Waals surface area contributed by atoms with Crippen LogP contribution in [0.3, 0.4) is 0 Å². The monoisotopic (exact) mass is 764 g/mol. The van der Waals surface area contributed by atoms with Crippen molar-refractivity contribution in [1.82, 2.24) is 9.97 Å². The molecule has 2 rings (SSSR count). The van der Waals surface area contributed by atoms with Crippen molar-refractivity contribution >= 4 is 64.9 Å². The molecule has 2 heterocycles. The summed E-state index contributed by atoms with van der Waals surface area (Å²) in [5, 5.41) is 4.92. The summed E-state index contributed by atoms with van der Waals surface area (Å²) in [6.07, 6.45) is 17.5. The van der Waals surface area contributed by atoms with E-state index in [1.54, 1.807) is 28.9 Å². The zero-order valence-electron chi connectivity index (χ0n) is 29.1. The van der Waals surface area contributed by atoms with Crippen LogP contribution in [0.4, 0.5) is 0 Å². The van der Waals surface area contributed by atoms with Crippen molar-refractivity contribution in [3.8, 4) is 0 Å². The number of hydrogen-bond donors (Lipinski definition) is 0. The van der Waals surface area contributed by atoms with Gasteiger partial charge in [0, 0.05) is 36.1 Å². The smallest absolute Gasteiger partial charge is 0.358 e. The molecule has 2 aromatic rings. The molecule has 2 aromatic heterocycles. The van der Waals surface area contributed by atoms with Crippen molar-refractivity contribution in [1.29, 1.82) is 0 Å². The second-order valence-electron chi connectivity index (χ2n) is 12.9. The van der Waals surface area contributed by atoms with Gasteiger partial charge in [-0.2, -0.15) is 0 Å². The molecular weight excluding hydrogens is 717 g/mol. The van der Waals surface area contributed by atoms with Gasteiger partial charge < -0.3 is 18.6 Å². The number of nitrogens with zero attached hydrogens (tertiary/aromatic N) is 2. The Morgan fingerprint density at radius 3 is 2.23 bits per heavy atom. The summed E-state index contributed by atoms with van der Waals surface area (Å²) in [4.78, 5) is 35.5. The fourth-order valence-corrected chi connectivity index (χ4v) is 7.38. The Kier molecular flexibility index (Phi) is 16.4. The molecule has 0 fully saturated rings. The number of allylic oxidation sites excluding steroid dienone is 5. The zero-order chi connectivity index (χ0) is 35.3. The van der Waals surface area contributed by atoms with Crippen molar-refractivity contribution in [3.63, 3.8) is 0 Å². The van der Waals surface area contributed by atoms with E-state index in [4.69, 9.17) is 18.6 Å². The van der Waals surface area contributed by atoms with Crippen LogP contribution in [0.5, 0.6) is 0 Å². The Bertz CT molecular complexity index is 1450. The molecule has 3 unspecified atom stereocenters. The lowest BCUT2D eigenvalue weighted by atomic mass is 9.79. The molecule has 0 aliphatic heterocycles. The Labute approximate surface area is 297 Å². The van der Waals surface area contributed by atoms with E-state index in [-0.39, 0.29) is 22.9 Å². The van der Waals surface area contributed by atoms with Gasteiger partial charge in [0.25, 0.3) is 0 Å². The highest BCUT2D eigenvalue weighted by Gasteiger charge is 2.45. The first-order valence-corrected chi connectivity index (χ1v) is 21.0. The SMILES string of the molecule is C/C=C/C(O[Si](C)(C)C(C)(C)C)C(C)(C)C(C\C=C/C=C\C=C\C(Cc1nc(C(=O)OC)cs1)OC)OC(=O)c1csc(/C=C\Br)n1. The zero-order valence-corrected chi connectivity index (χ0v) is 33.3. The summed E-state index contributed by atoms with van der Waals surface area (Å²) < 4.78 is 23.4. The number of esters is 2. The predicted molar refractivity (Wildman–Crippen MR) is 200 cm³/mol. The summed E-state index contributed by atoms with van der Waals surface area (Å²) in [6.45, 7) is 17.3. The quantitative estimate of drug-likeness (QED) is 0.0680. The highest BCUT2D eigenvalue weighted by atomic mass is 79.9. The van der Waals surface area contributed by atoms with Gasteiger partial charge in [-0.15, -0.1) is 22.7 Å². The number of aromatic nitrogens is 2. The van der Waals surface area contributed by atoms with Crippen LogP contribution in [0.2, 0.25) is 18.1 Å². The number of rotatable bonds is 17. The first-order valence-electron chi connectivity index (χ1n) is 15.4. The van der Waals surface area contributed by atoms with Crippen molar-refractivity contribution in [2.75, 3.05) is 14.2 Å². The number of hydrogen-bond acceptors (Lipinski definition) is 10. The van der Waals surface area contributed by atoms with Gasteiger partial charge in [-0.05, 0) is 36.1 Å². The van der Waals surface area contributed by atoms with E-state index in [1.165, 1.54) is 29.8 Å². The van der Waals surface area contributed by atoms with Crippen LogP contribution in [0, 0.1) is 5.41 Å². The molecule has 0 radical (unpaired) electrons. The van der Waals surface area contributed by atoms with Gasteiger partial charge in [-0.1, -0.05) is 99.2 Å². The normalized spacial score (nSPS) is 15.4. The number of ether oxygens (including phenoxy) is 3. The highest BCUT2D eigenvalue weighted by molar-refractivity contribution is 9.11. The lowest BCUT2D eigenvalue weighted by Crippen LogP contribution is -2.51. The fraction of sp³-hybridized carbons (Fsp3) is 0.486. The van der Waals surface area contributed by atoms with Gasteiger partial charge in [0.05, 0.1) is 24.3 Å².